The Labute approximate surface area is 105 Å². The molecule has 0 radical (unpaired) electrons. The summed E-state index contributed by atoms with van der Waals surface area (Å²) in [6.07, 6.45) is 3.10. The third-order valence-electron chi connectivity index (χ3n) is 3.25. The van der Waals surface area contributed by atoms with Gasteiger partial charge in [-0.25, -0.2) is 4.98 Å². The quantitative estimate of drug-likeness (QED) is 0.824. The van der Waals surface area contributed by atoms with Gasteiger partial charge < -0.3 is 10.6 Å². The van der Waals surface area contributed by atoms with Crippen molar-refractivity contribution < 1.29 is 0 Å². The maximum absolute atomic E-state index is 5.63. The van der Waals surface area contributed by atoms with Gasteiger partial charge in [0.25, 0.3) is 0 Å². The molecule has 1 heterocycles. The van der Waals surface area contributed by atoms with Gasteiger partial charge in [-0.15, -0.1) is 0 Å². The van der Waals surface area contributed by atoms with E-state index < -0.39 is 0 Å². The molecule has 0 aromatic carbocycles. The van der Waals surface area contributed by atoms with Crippen LogP contribution < -0.4 is 10.6 Å². The number of nitrogens with zero attached hydrogens (tertiary/aromatic N) is 2. The molecule has 1 rings (SSSR count). The van der Waals surface area contributed by atoms with Crippen molar-refractivity contribution in [2.45, 2.75) is 40.7 Å². The van der Waals surface area contributed by atoms with Crippen molar-refractivity contribution in [2.75, 3.05) is 18.0 Å². The lowest BCUT2D eigenvalue weighted by Crippen LogP contribution is -2.29. The van der Waals surface area contributed by atoms with E-state index in [1.807, 2.05) is 6.20 Å². The van der Waals surface area contributed by atoms with Gasteiger partial charge in [-0.05, 0) is 37.0 Å². The summed E-state index contributed by atoms with van der Waals surface area (Å²) in [6.45, 7) is 11.4. The van der Waals surface area contributed by atoms with Gasteiger partial charge in [0, 0.05) is 25.8 Å². The molecule has 3 nitrogen and oxygen atoms in total. The van der Waals surface area contributed by atoms with Gasteiger partial charge in [-0.3, -0.25) is 0 Å². The predicted molar refractivity (Wildman–Crippen MR) is 74.2 cm³/mol. The zero-order valence-corrected chi connectivity index (χ0v) is 11.5. The van der Waals surface area contributed by atoms with E-state index in [1.165, 1.54) is 12.0 Å². The minimum Gasteiger partial charge on any atom is -0.356 e. The minimum absolute atomic E-state index is 0.561. The van der Waals surface area contributed by atoms with E-state index in [1.54, 1.807) is 0 Å². The number of hydrogen-bond donors (Lipinski definition) is 1. The van der Waals surface area contributed by atoms with E-state index in [4.69, 9.17) is 5.73 Å². The van der Waals surface area contributed by atoms with Crippen LogP contribution in [0.5, 0.6) is 0 Å². The van der Waals surface area contributed by atoms with Gasteiger partial charge in [-0.1, -0.05) is 20.3 Å². The van der Waals surface area contributed by atoms with Crippen molar-refractivity contribution in [1.29, 1.82) is 0 Å². The lowest BCUT2D eigenvalue weighted by atomic mass is 10.1. The van der Waals surface area contributed by atoms with Crippen LogP contribution in [0.1, 0.15) is 38.3 Å². The Balaban J connectivity index is 2.88. The predicted octanol–water partition coefficient (Wildman–Crippen LogP) is 2.72. The fourth-order valence-electron chi connectivity index (χ4n) is 1.94. The summed E-state index contributed by atoms with van der Waals surface area (Å²) in [4.78, 5) is 6.90. The molecule has 0 aliphatic carbocycles. The van der Waals surface area contributed by atoms with Crippen molar-refractivity contribution in [3.63, 3.8) is 0 Å². The van der Waals surface area contributed by atoms with E-state index in [0.717, 1.165) is 24.5 Å². The van der Waals surface area contributed by atoms with E-state index in [-0.39, 0.29) is 0 Å². The van der Waals surface area contributed by atoms with Gasteiger partial charge >= 0.3 is 0 Å². The minimum atomic E-state index is 0.561. The number of aromatic nitrogens is 1. The third kappa shape index (κ3) is 3.70. The Morgan fingerprint density at radius 3 is 2.59 bits per heavy atom. The first-order valence-corrected chi connectivity index (χ1v) is 6.52. The summed E-state index contributed by atoms with van der Waals surface area (Å²) >= 11 is 0. The Morgan fingerprint density at radius 1 is 1.41 bits per heavy atom. The zero-order chi connectivity index (χ0) is 12.8. The standard InChI is InChI=1S/C14H25N3/c1-5-11(3)10-17(6-2)14-12(4)7-13(8-15)9-16-14/h7,9,11H,5-6,8,10,15H2,1-4H3. The molecule has 0 saturated carbocycles. The van der Waals surface area contributed by atoms with Crippen LogP contribution in [0.3, 0.4) is 0 Å². The molecule has 1 aromatic heterocycles. The average Bonchev–Trinajstić information content (AvgIpc) is 2.35. The van der Waals surface area contributed by atoms with E-state index in [0.29, 0.717) is 12.5 Å². The molecule has 0 amide bonds. The number of rotatable bonds is 6. The summed E-state index contributed by atoms with van der Waals surface area (Å²) in [7, 11) is 0. The van der Waals surface area contributed by atoms with Crippen molar-refractivity contribution >= 4 is 5.82 Å². The van der Waals surface area contributed by atoms with Gasteiger partial charge in [0.1, 0.15) is 5.82 Å². The lowest BCUT2D eigenvalue weighted by Gasteiger charge is -2.26. The topological polar surface area (TPSA) is 42.2 Å². The second-order valence-corrected chi connectivity index (χ2v) is 4.74. The second-order valence-electron chi connectivity index (χ2n) is 4.74. The van der Waals surface area contributed by atoms with Crippen molar-refractivity contribution in [2.24, 2.45) is 11.7 Å². The van der Waals surface area contributed by atoms with Crippen molar-refractivity contribution in [3.8, 4) is 0 Å². The summed E-state index contributed by atoms with van der Waals surface area (Å²) in [5.74, 6) is 1.80. The number of pyridine rings is 1. The Bertz CT molecular complexity index is 349. The van der Waals surface area contributed by atoms with Crippen LogP contribution in [0, 0.1) is 12.8 Å². The molecule has 1 atom stereocenters. The fourth-order valence-corrected chi connectivity index (χ4v) is 1.94. The van der Waals surface area contributed by atoms with Crippen molar-refractivity contribution in [3.05, 3.63) is 23.4 Å². The van der Waals surface area contributed by atoms with Gasteiger partial charge in [0.15, 0.2) is 0 Å². The summed E-state index contributed by atoms with van der Waals surface area (Å²) in [5, 5.41) is 0. The number of hydrogen-bond acceptors (Lipinski definition) is 3. The average molecular weight is 235 g/mol. The molecule has 0 aliphatic heterocycles. The molecule has 0 spiro atoms. The number of anilines is 1. The van der Waals surface area contributed by atoms with Crippen molar-refractivity contribution in [1.82, 2.24) is 4.98 Å². The second kappa shape index (κ2) is 6.60. The molecule has 0 saturated heterocycles. The van der Waals surface area contributed by atoms with Crippen LogP contribution in [-0.4, -0.2) is 18.1 Å². The van der Waals surface area contributed by atoms with E-state index in [2.05, 4.69) is 43.6 Å². The molecule has 0 aliphatic rings. The Kier molecular flexibility index (Phi) is 5.42. The molecular formula is C14H25N3. The van der Waals surface area contributed by atoms with Gasteiger partial charge in [-0.2, -0.15) is 0 Å². The SMILES string of the molecule is CCC(C)CN(CC)c1ncc(CN)cc1C. The highest BCUT2D eigenvalue weighted by Gasteiger charge is 2.12. The highest BCUT2D eigenvalue weighted by Crippen LogP contribution is 2.19. The van der Waals surface area contributed by atoms with E-state index in [9.17, 15) is 0 Å². The molecular weight excluding hydrogens is 210 g/mol. The fraction of sp³-hybridized carbons (Fsp3) is 0.643. The Morgan fingerprint density at radius 2 is 2.12 bits per heavy atom. The van der Waals surface area contributed by atoms with E-state index >= 15 is 0 Å². The third-order valence-corrected chi connectivity index (χ3v) is 3.25. The first-order valence-electron chi connectivity index (χ1n) is 6.52. The maximum Gasteiger partial charge on any atom is 0.131 e. The molecule has 1 unspecified atom stereocenters. The van der Waals surface area contributed by atoms with Crippen LogP contribution in [0.15, 0.2) is 12.3 Å². The monoisotopic (exact) mass is 235 g/mol. The van der Waals surface area contributed by atoms with Crippen LogP contribution in [0.25, 0.3) is 0 Å². The zero-order valence-electron chi connectivity index (χ0n) is 11.5. The first kappa shape index (κ1) is 14.0. The smallest absolute Gasteiger partial charge is 0.131 e. The molecule has 96 valence electrons. The molecule has 1 aromatic rings. The molecule has 2 N–H and O–H groups in total. The Hall–Kier alpha value is -1.09. The molecule has 0 bridgehead atoms. The number of aryl methyl sites for hydroxylation is 1. The highest BCUT2D eigenvalue weighted by atomic mass is 15.2. The van der Waals surface area contributed by atoms with Gasteiger partial charge in [0.2, 0.25) is 0 Å². The lowest BCUT2D eigenvalue weighted by molar-refractivity contribution is 0.545. The molecule has 17 heavy (non-hydrogen) atoms. The summed E-state index contributed by atoms with van der Waals surface area (Å²) in [5.41, 5.74) is 7.95. The normalized spacial score (nSPS) is 12.5. The summed E-state index contributed by atoms with van der Waals surface area (Å²) in [6, 6.07) is 2.14. The summed E-state index contributed by atoms with van der Waals surface area (Å²) < 4.78 is 0. The highest BCUT2D eigenvalue weighted by molar-refractivity contribution is 5.47. The van der Waals surface area contributed by atoms with Crippen LogP contribution in [-0.2, 0) is 6.54 Å². The molecule has 3 heteroatoms. The van der Waals surface area contributed by atoms with Crippen LogP contribution in [0.2, 0.25) is 0 Å². The number of nitrogens with two attached hydrogens (primary N) is 1. The van der Waals surface area contributed by atoms with Gasteiger partial charge in [0.05, 0.1) is 0 Å². The molecule has 0 fully saturated rings. The van der Waals surface area contributed by atoms with Crippen LogP contribution >= 0.6 is 0 Å². The van der Waals surface area contributed by atoms with Crippen LogP contribution in [0.4, 0.5) is 5.82 Å². The first-order chi connectivity index (χ1) is 8.12. The maximum atomic E-state index is 5.63. The largest absolute Gasteiger partial charge is 0.356 e.